The van der Waals surface area contributed by atoms with Gasteiger partial charge in [-0.3, -0.25) is 4.90 Å². The maximum Gasteiger partial charge on any atom is 0.0370 e. The number of rotatable bonds is 3. The van der Waals surface area contributed by atoms with Gasteiger partial charge in [0.25, 0.3) is 0 Å². The van der Waals surface area contributed by atoms with E-state index in [0.717, 1.165) is 19.0 Å². The van der Waals surface area contributed by atoms with Crippen LogP contribution in [0.1, 0.15) is 63.5 Å². The second-order valence-electron chi connectivity index (χ2n) is 7.51. The van der Waals surface area contributed by atoms with Crippen molar-refractivity contribution >= 4 is 5.69 Å². The van der Waals surface area contributed by atoms with Gasteiger partial charge in [0.2, 0.25) is 0 Å². The number of hydrogen-bond acceptors (Lipinski definition) is 2. The molecule has 0 spiro atoms. The molecule has 1 saturated carbocycles. The topological polar surface area (TPSA) is 6.48 Å². The highest BCUT2D eigenvalue weighted by molar-refractivity contribution is 5.54. The molecule has 3 rings (SSSR count). The van der Waals surface area contributed by atoms with Crippen LogP contribution in [-0.2, 0) is 0 Å². The Balaban J connectivity index is 1.87. The number of nitrogens with zero attached hydrogens (tertiary/aromatic N) is 2. The zero-order valence-corrected chi connectivity index (χ0v) is 14.3. The lowest BCUT2D eigenvalue weighted by Crippen LogP contribution is -2.55. The van der Waals surface area contributed by atoms with E-state index >= 15 is 0 Å². The molecule has 0 unspecified atom stereocenters. The first-order valence-electron chi connectivity index (χ1n) is 8.58. The first-order chi connectivity index (χ1) is 9.97. The molecule has 0 bridgehead atoms. The summed E-state index contributed by atoms with van der Waals surface area (Å²) < 4.78 is 0. The fourth-order valence-corrected chi connectivity index (χ4v) is 3.65. The van der Waals surface area contributed by atoms with E-state index in [2.05, 4.69) is 62.7 Å². The fraction of sp³-hybridized carbons (Fsp3) is 0.684. The number of likely N-dealkylation sites (N-methyl/N-ethyl adjacent to an activating group) is 1. The molecule has 2 atom stereocenters. The molecule has 1 heterocycles. The van der Waals surface area contributed by atoms with Gasteiger partial charge < -0.3 is 4.90 Å². The SMILES string of the molecule is CC(C)c1ccc(N2C[C@H](C)N(C)[C@@H](C)C2)cc1C1CC1. The van der Waals surface area contributed by atoms with Crippen molar-refractivity contribution in [1.29, 1.82) is 0 Å². The Morgan fingerprint density at radius 2 is 1.67 bits per heavy atom. The zero-order chi connectivity index (χ0) is 15.1. The molecule has 0 amide bonds. The van der Waals surface area contributed by atoms with Crippen molar-refractivity contribution in [3.8, 4) is 0 Å². The molecule has 1 aliphatic carbocycles. The molecular formula is C19H30N2. The molecule has 0 N–H and O–H groups in total. The van der Waals surface area contributed by atoms with E-state index in [1.807, 2.05) is 0 Å². The smallest absolute Gasteiger partial charge is 0.0370 e. The van der Waals surface area contributed by atoms with Gasteiger partial charge in [0.15, 0.2) is 0 Å². The maximum absolute atomic E-state index is 2.59. The average molecular weight is 286 g/mol. The van der Waals surface area contributed by atoms with Gasteiger partial charge in [0.05, 0.1) is 0 Å². The quantitative estimate of drug-likeness (QED) is 0.821. The van der Waals surface area contributed by atoms with E-state index in [0.29, 0.717) is 18.0 Å². The molecule has 1 aliphatic heterocycles. The molecule has 116 valence electrons. The summed E-state index contributed by atoms with van der Waals surface area (Å²) in [5.74, 6) is 1.48. The van der Waals surface area contributed by atoms with E-state index < -0.39 is 0 Å². The summed E-state index contributed by atoms with van der Waals surface area (Å²) in [6.07, 6.45) is 2.78. The van der Waals surface area contributed by atoms with E-state index in [1.165, 1.54) is 18.5 Å². The van der Waals surface area contributed by atoms with Gasteiger partial charge in [0.1, 0.15) is 0 Å². The number of benzene rings is 1. The van der Waals surface area contributed by atoms with E-state index in [1.54, 1.807) is 11.1 Å². The van der Waals surface area contributed by atoms with Crippen LogP contribution in [0.4, 0.5) is 5.69 Å². The second kappa shape index (κ2) is 5.64. The summed E-state index contributed by atoms with van der Waals surface area (Å²) in [6.45, 7) is 11.6. The summed E-state index contributed by atoms with van der Waals surface area (Å²) in [4.78, 5) is 5.09. The van der Waals surface area contributed by atoms with Crippen LogP contribution < -0.4 is 4.90 Å². The van der Waals surface area contributed by atoms with Crippen LogP contribution in [0.2, 0.25) is 0 Å². The zero-order valence-electron chi connectivity index (χ0n) is 14.3. The average Bonchev–Trinajstić information content (AvgIpc) is 3.28. The Morgan fingerprint density at radius 3 is 2.19 bits per heavy atom. The van der Waals surface area contributed by atoms with Gasteiger partial charge in [-0.05, 0) is 68.8 Å². The molecule has 2 heteroatoms. The van der Waals surface area contributed by atoms with Crippen LogP contribution in [-0.4, -0.2) is 37.1 Å². The highest BCUT2D eigenvalue weighted by atomic mass is 15.3. The van der Waals surface area contributed by atoms with E-state index in [-0.39, 0.29) is 0 Å². The second-order valence-corrected chi connectivity index (χ2v) is 7.51. The molecule has 1 saturated heterocycles. The Hall–Kier alpha value is -1.02. The van der Waals surface area contributed by atoms with Crippen molar-refractivity contribution < 1.29 is 0 Å². The normalized spacial score (nSPS) is 27.4. The molecule has 0 radical (unpaired) electrons. The molecular weight excluding hydrogens is 256 g/mol. The van der Waals surface area contributed by atoms with Crippen LogP contribution >= 0.6 is 0 Å². The Morgan fingerprint density at radius 1 is 1.05 bits per heavy atom. The van der Waals surface area contributed by atoms with Crippen molar-refractivity contribution in [2.45, 2.75) is 64.5 Å². The first kappa shape index (κ1) is 14.9. The van der Waals surface area contributed by atoms with Crippen molar-refractivity contribution in [1.82, 2.24) is 4.90 Å². The van der Waals surface area contributed by atoms with Crippen molar-refractivity contribution in [2.24, 2.45) is 0 Å². The van der Waals surface area contributed by atoms with Gasteiger partial charge in [0, 0.05) is 30.9 Å². The standard InChI is InChI=1S/C19H30N2/c1-13(2)18-9-8-17(10-19(18)16-6-7-16)21-11-14(3)20(5)15(4)12-21/h8-10,13-16H,6-7,11-12H2,1-5H3/t14-,15-/m0/s1. The Kier molecular flexibility index (Phi) is 4.00. The molecule has 2 aliphatic rings. The third-order valence-electron chi connectivity index (χ3n) is 5.43. The number of hydrogen-bond donors (Lipinski definition) is 0. The molecule has 1 aromatic rings. The highest BCUT2D eigenvalue weighted by Crippen LogP contribution is 2.44. The van der Waals surface area contributed by atoms with Crippen LogP contribution in [0, 0.1) is 0 Å². The maximum atomic E-state index is 2.59. The minimum absolute atomic E-state index is 0.628. The van der Waals surface area contributed by atoms with Crippen molar-refractivity contribution in [3.63, 3.8) is 0 Å². The third kappa shape index (κ3) is 2.96. The van der Waals surface area contributed by atoms with Gasteiger partial charge in [-0.25, -0.2) is 0 Å². The summed E-state index contributed by atoms with van der Waals surface area (Å²) in [5.41, 5.74) is 4.63. The lowest BCUT2D eigenvalue weighted by atomic mass is 9.93. The minimum Gasteiger partial charge on any atom is -0.368 e. The predicted molar refractivity (Wildman–Crippen MR) is 91.4 cm³/mol. The van der Waals surface area contributed by atoms with Gasteiger partial charge in [-0.2, -0.15) is 0 Å². The summed E-state index contributed by atoms with van der Waals surface area (Å²) in [7, 11) is 2.25. The fourth-order valence-electron chi connectivity index (χ4n) is 3.65. The molecule has 1 aromatic carbocycles. The Labute approximate surface area is 130 Å². The molecule has 0 aromatic heterocycles. The van der Waals surface area contributed by atoms with Crippen molar-refractivity contribution in [2.75, 3.05) is 25.0 Å². The lowest BCUT2D eigenvalue weighted by Gasteiger charge is -2.43. The number of piperazine rings is 1. The van der Waals surface area contributed by atoms with Gasteiger partial charge >= 0.3 is 0 Å². The van der Waals surface area contributed by atoms with Crippen molar-refractivity contribution in [3.05, 3.63) is 29.3 Å². The first-order valence-corrected chi connectivity index (χ1v) is 8.58. The predicted octanol–water partition coefficient (Wildman–Crippen LogP) is 4.22. The molecule has 2 nitrogen and oxygen atoms in total. The monoisotopic (exact) mass is 286 g/mol. The summed E-state index contributed by atoms with van der Waals surface area (Å²) in [6, 6.07) is 8.50. The lowest BCUT2D eigenvalue weighted by molar-refractivity contribution is 0.170. The van der Waals surface area contributed by atoms with Crippen LogP contribution in [0.3, 0.4) is 0 Å². The molecule has 21 heavy (non-hydrogen) atoms. The highest BCUT2D eigenvalue weighted by Gasteiger charge is 2.30. The molecule has 2 fully saturated rings. The van der Waals surface area contributed by atoms with Gasteiger partial charge in [-0.15, -0.1) is 0 Å². The van der Waals surface area contributed by atoms with Crippen LogP contribution in [0.25, 0.3) is 0 Å². The van der Waals surface area contributed by atoms with Crippen LogP contribution in [0.5, 0.6) is 0 Å². The Bertz CT molecular complexity index is 492. The summed E-state index contributed by atoms with van der Waals surface area (Å²) in [5, 5.41) is 0. The van der Waals surface area contributed by atoms with E-state index in [4.69, 9.17) is 0 Å². The largest absolute Gasteiger partial charge is 0.368 e. The van der Waals surface area contributed by atoms with Crippen LogP contribution in [0.15, 0.2) is 18.2 Å². The van der Waals surface area contributed by atoms with Gasteiger partial charge in [-0.1, -0.05) is 19.9 Å². The van der Waals surface area contributed by atoms with E-state index in [9.17, 15) is 0 Å². The number of anilines is 1. The third-order valence-corrected chi connectivity index (χ3v) is 5.43. The summed E-state index contributed by atoms with van der Waals surface area (Å²) >= 11 is 0. The minimum atomic E-state index is 0.628.